The molecule has 0 saturated carbocycles. The molecule has 4 heteroatoms. The van der Waals surface area contributed by atoms with E-state index in [1.165, 1.54) is 11.3 Å². The Morgan fingerprint density at radius 3 is 2.53 bits per heavy atom. The van der Waals surface area contributed by atoms with Crippen molar-refractivity contribution < 1.29 is 9.51 Å². The minimum Gasteiger partial charge on any atom is -0.458 e. The van der Waals surface area contributed by atoms with Crippen LogP contribution in [0.1, 0.15) is 0 Å². The second-order valence-corrected chi connectivity index (χ2v) is 4.76. The monoisotopic (exact) mass is 243 g/mol. The van der Waals surface area contributed by atoms with Crippen LogP contribution in [0.3, 0.4) is 0 Å². The summed E-state index contributed by atoms with van der Waals surface area (Å²) in [6.45, 7) is 0. The third-order valence-corrected chi connectivity index (χ3v) is 3.89. The Balaban J connectivity index is 2.32. The van der Waals surface area contributed by atoms with E-state index in [0.29, 0.717) is 5.69 Å². The SMILES string of the molecule is Nc1ccc[n+]2c(O)c(-c3ccccc3)sc12. The molecule has 3 N–H and O–H groups in total. The first-order valence-electron chi connectivity index (χ1n) is 5.24. The Morgan fingerprint density at radius 1 is 1.06 bits per heavy atom. The molecule has 0 aliphatic heterocycles. The van der Waals surface area contributed by atoms with E-state index in [0.717, 1.165) is 15.3 Å². The first-order chi connectivity index (χ1) is 8.27. The van der Waals surface area contributed by atoms with Gasteiger partial charge in [-0.25, -0.2) is 0 Å². The number of aromatic hydroxyl groups is 1. The summed E-state index contributed by atoms with van der Waals surface area (Å²) >= 11 is 1.49. The van der Waals surface area contributed by atoms with E-state index in [-0.39, 0.29) is 5.88 Å². The van der Waals surface area contributed by atoms with Gasteiger partial charge >= 0.3 is 5.88 Å². The van der Waals surface area contributed by atoms with Crippen molar-refractivity contribution in [3.63, 3.8) is 0 Å². The molecule has 0 atom stereocenters. The van der Waals surface area contributed by atoms with Crippen LogP contribution >= 0.6 is 11.3 Å². The number of fused-ring (bicyclic) bond motifs is 1. The van der Waals surface area contributed by atoms with Gasteiger partial charge in [0.25, 0.3) is 4.83 Å². The van der Waals surface area contributed by atoms with E-state index in [1.807, 2.05) is 48.7 Å². The van der Waals surface area contributed by atoms with Gasteiger partial charge in [0.2, 0.25) is 0 Å². The predicted molar refractivity (Wildman–Crippen MR) is 69.0 cm³/mol. The zero-order valence-electron chi connectivity index (χ0n) is 9.00. The van der Waals surface area contributed by atoms with Crippen LogP contribution in [0.15, 0.2) is 48.7 Å². The number of anilines is 1. The van der Waals surface area contributed by atoms with Crippen molar-refractivity contribution in [3.05, 3.63) is 48.7 Å². The molecule has 0 aliphatic carbocycles. The fourth-order valence-electron chi connectivity index (χ4n) is 1.81. The largest absolute Gasteiger partial charge is 0.458 e. The van der Waals surface area contributed by atoms with E-state index < -0.39 is 0 Å². The standard InChI is InChI=1S/C13H10N2OS/c14-10-7-4-8-15-12(16)11(17-13(10)15)9-5-2-1-3-6-9/h1-8H,14H2/p+1. The van der Waals surface area contributed by atoms with Gasteiger partial charge in [0.15, 0.2) is 11.1 Å². The maximum absolute atomic E-state index is 10.2. The Morgan fingerprint density at radius 2 is 1.82 bits per heavy atom. The maximum Gasteiger partial charge on any atom is 0.390 e. The summed E-state index contributed by atoms with van der Waals surface area (Å²) in [7, 11) is 0. The molecule has 0 saturated heterocycles. The van der Waals surface area contributed by atoms with Gasteiger partial charge < -0.3 is 10.8 Å². The van der Waals surface area contributed by atoms with Crippen molar-refractivity contribution in [2.75, 3.05) is 5.73 Å². The van der Waals surface area contributed by atoms with Crippen molar-refractivity contribution >= 4 is 21.9 Å². The quantitative estimate of drug-likeness (QED) is 0.645. The van der Waals surface area contributed by atoms with Gasteiger partial charge in [-0.05, 0) is 6.07 Å². The number of hydrogen-bond acceptors (Lipinski definition) is 3. The van der Waals surface area contributed by atoms with Crippen LogP contribution in [0.2, 0.25) is 0 Å². The molecule has 0 fully saturated rings. The Bertz CT molecular complexity index is 676. The number of thiazole rings is 1. The van der Waals surface area contributed by atoms with Crippen LogP contribution < -0.4 is 10.1 Å². The Kier molecular flexibility index (Phi) is 2.23. The van der Waals surface area contributed by atoms with Crippen molar-refractivity contribution in [2.45, 2.75) is 0 Å². The second-order valence-electron chi connectivity index (χ2n) is 3.76. The number of nitrogens with zero attached hydrogens (tertiary/aromatic N) is 1. The van der Waals surface area contributed by atoms with Gasteiger partial charge in [-0.1, -0.05) is 41.7 Å². The van der Waals surface area contributed by atoms with Crippen LogP contribution in [0.25, 0.3) is 15.3 Å². The van der Waals surface area contributed by atoms with Crippen molar-refractivity contribution in [3.8, 4) is 16.3 Å². The molecule has 0 bridgehead atoms. The molecule has 2 aromatic heterocycles. The fourth-order valence-corrected chi connectivity index (χ4v) is 2.88. The number of benzene rings is 1. The number of nitrogens with two attached hydrogens (primary N) is 1. The van der Waals surface area contributed by atoms with Crippen LogP contribution in [0.5, 0.6) is 5.88 Å². The molecular formula is C13H11N2OS+. The molecule has 0 radical (unpaired) electrons. The lowest BCUT2D eigenvalue weighted by atomic mass is 10.2. The normalized spacial score (nSPS) is 10.8. The second kappa shape index (κ2) is 3.75. The summed E-state index contributed by atoms with van der Waals surface area (Å²) in [6.07, 6.45) is 1.81. The summed E-state index contributed by atoms with van der Waals surface area (Å²) in [5.74, 6) is 0.239. The molecule has 3 aromatic rings. The lowest BCUT2D eigenvalue weighted by molar-refractivity contribution is -0.517. The highest BCUT2D eigenvalue weighted by atomic mass is 32.1. The Hall–Kier alpha value is -2.07. The van der Waals surface area contributed by atoms with Crippen LogP contribution in [0.4, 0.5) is 5.69 Å². The van der Waals surface area contributed by atoms with Gasteiger partial charge in [0.05, 0.1) is 0 Å². The fraction of sp³-hybridized carbons (Fsp3) is 0. The average Bonchev–Trinajstić information content (AvgIpc) is 2.70. The summed E-state index contributed by atoms with van der Waals surface area (Å²) in [5, 5.41) is 10.2. The van der Waals surface area contributed by atoms with Gasteiger partial charge in [-0.2, -0.15) is 0 Å². The molecule has 0 spiro atoms. The maximum atomic E-state index is 10.2. The summed E-state index contributed by atoms with van der Waals surface area (Å²) in [4.78, 5) is 1.70. The minimum absolute atomic E-state index is 0.239. The topological polar surface area (TPSA) is 50.3 Å². The smallest absolute Gasteiger partial charge is 0.390 e. The summed E-state index contributed by atoms with van der Waals surface area (Å²) in [5.41, 5.74) is 7.57. The number of pyridine rings is 1. The molecule has 17 heavy (non-hydrogen) atoms. The molecule has 0 aliphatic rings. The van der Waals surface area contributed by atoms with Gasteiger partial charge in [-0.3, -0.25) is 0 Å². The van der Waals surface area contributed by atoms with E-state index in [9.17, 15) is 5.11 Å². The summed E-state index contributed by atoms with van der Waals surface area (Å²) < 4.78 is 1.71. The highest BCUT2D eigenvalue weighted by Gasteiger charge is 2.22. The molecule has 2 heterocycles. The predicted octanol–water partition coefficient (Wildman–Crippen LogP) is 2.44. The Labute approximate surface area is 102 Å². The first kappa shape index (κ1) is 10.1. The zero-order chi connectivity index (χ0) is 11.8. The van der Waals surface area contributed by atoms with Crippen molar-refractivity contribution in [1.29, 1.82) is 0 Å². The van der Waals surface area contributed by atoms with Crippen molar-refractivity contribution in [2.24, 2.45) is 0 Å². The molecule has 0 amide bonds. The molecule has 3 rings (SSSR count). The third-order valence-electron chi connectivity index (χ3n) is 2.64. The molecule has 1 aromatic carbocycles. The number of hydrogen-bond donors (Lipinski definition) is 2. The van der Waals surface area contributed by atoms with E-state index in [1.54, 1.807) is 4.40 Å². The highest BCUT2D eigenvalue weighted by molar-refractivity contribution is 7.21. The summed E-state index contributed by atoms with van der Waals surface area (Å²) in [6, 6.07) is 13.5. The lowest BCUT2D eigenvalue weighted by Crippen LogP contribution is -2.18. The average molecular weight is 243 g/mol. The highest BCUT2D eigenvalue weighted by Crippen LogP contribution is 2.35. The molecule has 3 nitrogen and oxygen atoms in total. The lowest BCUT2D eigenvalue weighted by Gasteiger charge is -1.92. The third kappa shape index (κ3) is 1.54. The molecular weight excluding hydrogens is 232 g/mol. The molecule has 0 unspecified atom stereocenters. The van der Waals surface area contributed by atoms with Gasteiger partial charge in [0.1, 0.15) is 5.69 Å². The zero-order valence-corrected chi connectivity index (χ0v) is 9.82. The van der Waals surface area contributed by atoms with Crippen LogP contribution in [0, 0.1) is 0 Å². The van der Waals surface area contributed by atoms with Crippen LogP contribution in [-0.4, -0.2) is 5.11 Å². The number of rotatable bonds is 1. The van der Waals surface area contributed by atoms with Crippen LogP contribution in [-0.2, 0) is 0 Å². The van der Waals surface area contributed by atoms with E-state index in [2.05, 4.69) is 0 Å². The number of aromatic nitrogens is 1. The van der Waals surface area contributed by atoms with E-state index >= 15 is 0 Å². The molecule has 84 valence electrons. The van der Waals surface area contributed by atoms with E-state index in [4.69, 9.17) is 5.73 Å². The number of nitrogen functional groups attached to an aromatic ring is 1. The van der Waals surface area contributed by atoms with Gasteiger partial charge in [-0.15, -0.1) is 4.40 Å². The first-order valence-corrected chi connectivity index (χ1v) is 6.06. The minimum atomic E-state index is 0.239. The van der Waals surface area contributed by atoms with Crippen molar-refractivity contribution in [1.82, 2.24) is 0 Å². The van der Waals surface area contributed by atoms with Gasteiger partial charge in [0, 0.05) is 11.6 Å².